The molecule has 1 aromatic heterocycles. The maximum absolute atomic E-state index is 10.5. The predicted octanol–water partition coefficient (Wildman–Crippen LogP) is 3.55. The second-order valence-corrected chi connectivity index (χ2v) is 9.84. The molecule has 0 saturated carbocycles. The Morgan fingerprint density at radius 3 is 2.41 bits per heavy atom. The summed E-state index contributed by atoms with van der Waals surface area (Å²) in [6, 6.07) is 9.17. The van der Waals surface area contributed by atoms with Crippen LogP contribution < -0.4 is 10.2 Å². The molecular weight excluding hydrogens is 404 g/mol. The van der Waals surface area contributed by atoms with Gasteiger partial charge in [-0.2, -0.15) is 0 Å². The topological polar surface area (TPSA) is 118 Å². The number of rotatable bonds is 7. The molecule has 0 aliphatic carbocycles. The van der Waals surface area contributed by atoms with Crippen LogP contribution in [0.1, 0.15) is 40.5 Å². The molecule has 0 spiro atoms. The highest BCUT2D eigenvalue weighted by molar-refractivity contribution is 5.84. The first-order valence-electron chi connectivity index (χ1n) is 10.9. The lowest BCUT2D eigenvalue weighted by Crippen LogP contribution is -2.62. The van der Waals surface area contributed by atoms with Crippen LogP contribution in [0.2, 0.25) is 0 Å². The van der Waals surface area contributed by atoms with Gasteiger partial charge in [-0.05, 0) is 64.8 Å². The molecule has 0 bridgehead atoms. The Hall–Kier alpha value is -2.84. The third-order valence-corrected chi connectivity index (χ3v) is 5.83. The van der Waals surface area contributed by atoms with Crippen LogP contribution in [0, 0.1) is 11.3 Å². The van der Waals surface area contributed by atoms with Gasteiger partial charge in [-0.15, -0.1) is 10.2 Å². The number of phenols is 1. The van der Waals surface area contributed by atoms with E-state index in [2.05, 4.69) is 60.1 Å². The first kappa shape index (κ1) is 23.8. The predicted molar refractivity (Wildman–Crippen MR) is 129 cm³/mol. The summed E-state index contributed by atoms with van der Waals surface area (Å²) >= 11 is 0. The van der Waals surface area contributed by atoms with Crippen molar-refractivity contribution in [2.45, 2.75) is 57.7 Å². The minimum Gasteiger partial charge on any atom is -0.507 e. The number of phenolic OH excluding ortho intramolecular Hbond substituents is 1. The third-order valence-electron chi connectivity index (χ3n) is 5.83. The Kier molecular flexibility index (Phi) is 6.95. The fraction of sp³-hybridized carbons (Fsp3) is 0.500. The lowest BCUT2D eigenvalue weighted by molar-refractivity contribution is 0.160. The van der Waals surface area contributed by atoms with Gasteiger partial charge < -0.3 is 25.8 Å². The van der Waals surface area contributed by atoms with Gasteiger partial charge in [0, 0.05) is 48.2 Å². The van der Waals surface area contributed by atoms with E-state index >= 15 is 0 Å². The van der Waals surface area contributed by atoms with Gasteiger partial charge >= 0.3 is 0 Å². The number of piperidine rings is 1. The molecule has 32 heavy (non-hydrogen) atoms. The summed E-state index contributed by atoms with van der Waals surface area (Å²) in [7, 11) is 2.06. The largest absolute Gasteiger partial charge is 0.507 e. The number of aromatic hydroxyl groups is 1. The second-order valence-electron chi connectivity index (χ2n) is 9.84. The Labute approximate surface area is 189 Å². The first-order chi connectivity index (χ1) is 15.0. The van der Waals surface area contributed by atoms with E-state index in [1.165, 1.54) is 12.3 Å². The number of nitrogens with zero attached hydrogens (tertiary/aromatic N) is 4. The van der Waals surface area contributed by atoms with Gasteiger partial charge in [0.2, 0.25) is 0 Å². The lowest BCUT2D eigenvalue weighted by atomic mass is 9.79. The number of anilines is 1. The average Bonchev–Trinajstić information content (AvgIpc) is 2.72. The van der Waals surface area contributed by atoms with Crippen LogP contribution in [0.5, 0.6) is 5.75 Å². The van der Waals surface area contributed by atoms with E-state index in [1.54, 1.807) is 12.1 Å². The van der Waals surface area contributed by atoms with Crippen molar-refractivity contribution in [3.8, 4) is 17.0 Å². The Morgan fingerprint density at radius 1 is 1.19 bits per heavy atom. The number of aliphatic hydroxyl groups excluding tert-OH is 1. The Morgan fingerprint density at radius 2 is 1.88 bits per heavy atom. The normalized spacial score (nSPS) is 19.1. The zero-order valence-corrected chi connectivity index (χ0v) is 19.5. The van der Waals surface area contributed by atoms with Crippen molar-refractivity contribution in [3.63, 3.8) is 0 Å². The highest BCUT2D eigenvalue weighted by Gasteiger charge is 2.39. The standard InChI is InChI=1S/C24H34N6O2/c1-23(2)11-18(12-24(3,4)29-23)30(5)22-9-8-20(27-28-22)19-7-6-17(10-21(19)32)26-14-16(13-25)15-31/h6-10,13-14,16,18,25,29,31-32H,11-12,15H2,1-5H3. The lowest BCUT2D eigenvalue weighted by Gasteiger charge is -2.49. The van der Waals surface area contributed by atoms with Crippen molar-refractivity contribution in [1.82, 2.24) is 15.5 Å². The summed E-state index contributed by atoms with van der Waals surface area (Å²) in [6.45, 7) is 8.74. The van der Waals surface area contributed by atoms with Crippen LogP contribution >= 0.6 is 0 Å². The van der Waals surface area contributed by atoms with E-state index in [0.29, 0.717) is 23.0 Å². The third kappa shape index (κ3) is 5.69. The van der Waals surface area contributed by atoms with E-state index in [-0.39, 0.29) is 23.4 Å². The SMILES string of the molecule is CN(c1ccc(-c2ccc(N=CC(C=N)CO)cc2O)nn1)C1CC(C)(C)NC(C)(C)C1. The van der Waals surface area contributed by atoms with Gasteiger partial charge in [-0.1, -0.05) is 0 Å². The molecule has 172 valence electrons. The minimum absolute atomic E-state index is 0.0416. The van der Waals surface area contributed by atoms with Crippen LogP contribution in [0.15, 0.2) is 35.3 Å². The summed E-state index contributed by atoms with van der Waals surface area (Å²) in [4.78, 5) is 6.41. The van der Waals surface area contributed by atoms with E-state index in [4.69, 9.17) is 10.5 Å². The van der Waals surface area contributed by atoms with E-state index in [1.807, 2.05) is 12.1 Å². The summed E-state index contributed by atoms with van der Waals surface area (Å²) in [5.41, 5.74) is 1.77. The van der Waals surface area contributed by atoms with Gasteiger partial charge in [-0.25, -0.2) is 0 Å². The van der Waals surface area contributed by atoms with Crippen molar-refractivity contribution < 1.29 is 10.2 Å². The molecule has 1 unspecified atom stereocenters. The molecule has 3 rings (SSSR count). The molecule has 1 atom stereocenters. The molecule has 8 heteroatoms. The number of hydrogen-bond donors (Lipinski definition) is 4. The molecule has 8 nitrogen and oxygen atoms in total. The van der Waals surface area contributed by atoms with E-state index in [0.717, 1.165) is 24.9 Å². The minimum atomic E-state index is -0.441. The molecule has 1 aliphatic heterocycles. The molecule has 2 aromatic rings. The zero-order valence-electron chi connectivity index (χ0n) is 19.5. The van der Waals surface area contributed by atoms with Crippen molar-refractivity contribution in [2.24, 2.45) is 10.9 Å². The van der Waals surface area contributed by atoms with Crippen LogP contribution in [0.25, 0.3) is 11.3 Å². The zero-order chi connectivity index (χ0) is 23.5. The number of aliphatic hydroxyl groups is 1. The van der Waals surface area contributed by atoms with Crippen LogP contribution in [0.4, 0.5) is 11.5 Å². The smallest absolute Gasteiger partial charge is 0.151 e. The number of aromatic nitrogens is 2. The van der Waals surface area contributed by atoms with Gasteiger partial charge in [0.1, 0.15) is 5.75 Å². The Bertz CT molecular complexity index is 955. The highest BCUT2D eigenvalue weighted by Crippen LogP contribution is 2.34. The number of hydrogen-bond acceptors (Lipinski definition) is 8. The quantitative estimate of drug-likeness (QED) is 0.491. The summed E-state index contributed by atoms with van der Waals surface area (Å²) < 4.78 is 0. The van der Waals surface area contributed by atoms with Crippen LogP contribution in [-0.4, -0.2) is 63.6 Å². The molecular formula is C24H34N6O2. The molecule has 4 N–H and O–H groups in total. The van der Waals surface area contributed by atoms with E-state index in [9.17, 15) is 5.11 Å². The average molecular weight is 439 g/mol. The van der Waals surface area contributed by atoms with Gasteiger partial charge in [0.15, 0.2) is 5.82 Å². The highest BCUT2D eigenvalue weighted by atomic mass is 16.3. The van der Waals surface area contributed by atoms with Crippen molar-refractivity contribution in [2.75, 3.05) is 18.6 Å². The molecule has 1 fully saturated rings. The Balaban J connectivity index is 1.76. The van der Waals surface area contributed by atoms with Crippen molar-refractivity contribution in [1.29, 1.82) is 5.41 Å². The van der Waals surface area contributed by atoms with Crippen LogP contribution in [0.3, 0.4) is 0 Å². The fourth-order valence-electron chi connectivity index (χ4n) is 4.53. The second kappa shape index (κ2) is 9.34. The summed E-state index contributed by atoms with van der Waals surface area (Å²) in [5.74, 6) is 0.408. The monoisotopic (exact) mass is 438 g/mol. The summed E-state index contributed by atoms with van der Waals surface area (Å²) in [6.07, 6.45) is 4.62. The van der Waals surface area contributed by atoms with Gasteiger partial charge in [0.05, 0.1) is 23.9 Å². The maximum atomic E-state index is 10.5. The molecule has 2 heterocycles. The van der Waals surface area contributed by atoms with Crippen molar-refractivity contribution >= 4 is 23.9 Å². The molecule has 1 aromatic carbocycles. The molecule has 1 aliphatic rings. The number of benzene rings is 1. The fourth-order valence-corrected chi connectivity index (χ4v) is 4.53. The molecule has 1 saturated heterocycles. The first-order valence-corrected chi connectivity index (χ1v) is 10.9. The maximum Gasteiger partial charge on any atom is 0.151 e. The molecule has 0 amide bonds. The summed E-state index contributed by atoms with van der Waals surface area (Å²) in [5, 5.41) is 39.3. The van der Waals surface area contributed by atoms with Gasteiger partial charge in [-0.3, -0.25) is 4.99 Å². The van der Waals surface area contributed by atoms with Crippen LogP contribution in [-0.2, 0) is 0 Å². The van der Waals surface area contributed by atoms with Gasteiger partial charge in [0.25, 0.3) is 0 Å². The van der Waals surface area contributed by atoms with E-state index < -0.39 is 5.92 Å². The molecule has 0 radical (unpaired) electrons. The van der Waals surface area contributed by atoms with Crippen molar-refractivity contribution in [3.05, 3.63) is 30.3 Å². The number of aliphatic imine (C=N–C) groups is 1. The number of nitrogens with one attached hydrogen (secondary N) is 2.